The van der Waals surface area contributed by atoms with E-state index in [-0.39, 0.29) is 28.3 Å². The predicted octanol–water partition coefficient (Wildman–Crippen LogP) is 0.00630. The molecule has 1 unspecified atom stereocenters. The Balaban J connectivity index is 1.50. The molecule has 0 aromatic carbocycles. The Morgan fingerprint density at radius 2 is 2.27 bits per heavy atom. The number of nitrogens with zero attached hydrogens (tertiary/aromatic N) is 4. The smallest absolute Gasteiger partial charge is 0.352 e. The van der Waals surface area contributed by atoms with E-state index < -0.39 is 29.2 Å². The zero-order valence-corrected chi connectivity index (χ0v) is 19.4. The molecular formula is C19H22N6O6S2. The van der Waals surface area contributed by atoms with Gasteiger partial charge in [0, 0.05) is 24.7 Å². The first-order chi connectivity index (χ1) is 15.8. The topological polar surface area (TPSA) is 160 Å². The van der Waals surface area contributed by atoms with Gasteiger partial charge in [-0.25, -0.2) is 9.78 Å². The lowest BCUT2D eigenvalue weighted by molar-refractivity contribution is -0.150. The number of hydroxylamine groups is 2. The highest BCUT2D eigenvalue weighted by atomic mass is 32.2. The molecule has 176 valence electrons. The molecule has 0 aliphatic carbocycles. The van der Waals surface area contributed by atoms with Crippen LogP contribution in [0.2, 0.25) is 0 Å². The molecule has 0 radical (unpaired) electrons. The fraction of sp³-hybridized carbons (Fsp3) is 0.421. The average Bonchev–Trinajstić information content (AvgIpc) is 3.40. The van der Waals surface area contributed by atoms with Crippen LogP contribution in [-0.4, -0.2) is 87.5 Å². The number of fused-ring (bicyclic) bond motifs is 1. The van der Waals surface area contributed by atoms with E-state index in [0.717, 1.165) is 24.3 Å². The maximum atomic E-state index is 12.9. The van der Waals surface area contributed by atoms with Gasteiger partial charge in [-0.2, -0.15) is 5.06 Å². The van der Waals surface area contributed by atoms with Gasteiger partial charge in [-0.3, -0.25) is 19.3 Å². The zero-order valence-electron chi connectivity index (χ0n) is 17.8. The number of allylic oxidation sites excluding steroid dienone is 1. The summed E-state index contributed by atoms with van der Waals surface area (Å²) >= 11 is 2.50. The fourth-order valence-electron chi connectivity index (χ4n) is 3.67. The van der Waals surface area contributed by atoms with Gasteiger partial charge in [0.1, 0.15) is 29.9 Å². The van der Waals surface area contributed by atoms with Gasteiger partial charge in [0.25, 0.3) is 11.8 Å². The maximum Gasteiger partial charge on any atom is 0.352 e. The number of thiazole rings is 1. The molecule has 3 atom stereocenters. The van der Waals surface area contributed by atoms with Gasteiger partial charge in [-0.15, -0.1) is 23.1 Å². The Morgan fingerprint density at radius 3 is 2.88 bits per heavy atom. The van der Waals surface area contributed by atoms with Crippen LogP contribution in [0.1, 0.15) is 12.1 Å². The van der Waals surface area contributed by atoms with Crippen molar-refractivity contribution in [2.45, 2.75) is 23.9 Å². The van der Waals surface area contributed by atoms with E-state index in [1.807, 2.05) is 7.05 Å². The van der Waals surface area contributed by atoms with E-state index in [9.17, 15) is 19.5 Å². The minimum Gasteiger partial charge on any atom is -0.477 e. The highest BCUT2D eigenvalue weighted by Crippen LogP contribution is 2.40. The zero-order chi connectivity index (χ0) is 23.7. The van der Waals surface area contributed by atoms with Crippen LogP contribution in [0.3, 0.4) is 0 Å². The number of carboxylic acid groups (broad SMARTS) is 1. The number of nitrogens with one attached hydrogen (secondary N) is 1. The van der Waals surface area contributed by atoms with Crippen LogP contribution in [0.5, 0.6) is 0 Å². The van der Waals surface area contributed by atoms with Crippen LogP contribution in [0.25, 0.3) is 0 Å². The molecule has 1 aromatic rings. The molecule has 4 heterocycles. The van der Waals surface area contributed by atoms with Crippen molar-refractivity contribution in [2.24, 2.45) is 5.16 Å². The lowest BCUT2D eigenvalue weighted by atomic mass is 10.0. The Morgan fingerprint density at radius 1 is 1.48 bits per heavy atom. The quantitative estimate of drug-likeness (QED) is 0.268. The lowest BCUT2D eigenvalue weighted by Crippen LogP contribution is -2.71. The van der Waals surface area contributed by atoms with Crippen molar-refractivity contribution >= 4 is 51.7 Å². The first kappa shape index (κ1) is 23.2. The Kier molecular flexibility index (Phi) is 6.69. The van der Waals surface area contributed by atoms with Crippen LogP contribution in [-0.2, 0) is 24.1 Å². The summed E-state index contributed by atoms with van der Waals surface area (Å²) in [5.41, 5.74) is 6.14. The normalized spacial score (nSPS) is 25.9. The fourth-order valence-corrected chi connectivity index (χ4v) is 5.54. The van der Waals surface area contributed by atoms with Crippen LogP contribution < -0.4 is 11.1 Å². The summed E-state index contributed by atoms with van der Waals surface area (Å²) < 4.78 is 0. The number of rotatable bonds is 7. The van der Waals surface area contributed by atoms with Gasteiger partial charge in [-0.05, 0) is 12.0 Å². The number of carboxylic acids is 1. The van der Waals surface area contributed by atoms with Crippen LogP contribution in [0.4, 0.5) is 5.13 Å². The largest absolute Gasteiger partial charge is 0.477 e. The minimum absolute atomic E-state index is 0.0880. The molecule has 4 N–H and O–H groups in total. The van der Waals surface area contributed by atoms with Crippen LogP contribution in [0, 0.1) is 0 Å². The first-order valence-electron chi connectivity index (χ1n) is 9.90. The Labute approximate surface area is 197 Å². The second kappa shape index (κ2) is 9.51. The van der Waals surface area contributed by atoms with Crippen molar-refractivity contribution < 1.29 is 29.2 Å². The number of anilines is 1. The van der Waals surface area contributed by atoms with Gasteiger partial charge in [-0.1, -0.05) is 17.3 Å². The van der Waals surface area contributed by atoms with Gasteiger partial charge in [0.15, 0.2) is 10.8 Å². The molecule has 2 saturated heterocycles. The molecule has 3 aliphatic rings. The SMILES string of the molecule is CO/N=C(\C(=O)N[C@@H]1C(=O)N2C(C(=O)O)=C(/C=C/C3CCN(C)O3)CS[C@H]12)c1csc(N)n1. The van der Waals surface area contributed by atoms with Crippen LogP contribution >= 0.6 is 23.1 Å². The average molecular weight is 495 g/mol. The van der Waals surface area contributed by atoms with Crippen LogP contribution in [0.15, 0.2) is 34.0 Å². The number of aromatic nitrogens is 1. The third kappa shape index (κ3) is 4.59. The number of carbonyl (C=O) groups excluding carboxylic acids is 2. The molecule has 33 heavy (non-hydrogen) atoms. The third-order valence-electron chi connectivity index (χ3n) is 5.21. The lowest BCUT2D eigenvalue weighted by Gasteiger charge is -2.49. The minimum atomic E-state index is -1.21. The summed E-state index contributed by atoms with van der Waals surface area (Å²) in [7, 11) is 3.11. The number of hydrogen-bond acceptors (Lipinski definition) is 11. The molecule has 0 bridgehead atoms. The number of aliphatic carboxylic acids is 1. The summed E-state index contributed by atoms with van der Waals surface area (Å²) in [5, 5.41) is 19.1. The van der Waals surface area contributed by atoms with Crippen molar-refractivity contribution in [3.8, 4) is 0 Å². The summed E-state index contributed by atoms with van der Waals surface area (Å²) in [6.45, 7) is 0.782. The highest BCUT2D eigenvalue weighted by molar-refractivity contribution is 8.00. The van der Waals surface area contributed by atoms with Crippen molar-refractivity contribution in [1.29, 1.82) is 0 Å². The van der Waals surface area contributed by atoms with Gasteiger partial charge >= 0.3 is 5.97 Å². The number of thioether (sulfide) groups is 1. The molecule has 14 heteroatoms. The summed E-state index contributed by atoms with van der Waals surface area (Å²) in [6, 6.07) is -0.910. The van der Waals surface area contributed by atoms with E-state index in [1.54, 1.807) is 22.6 Å². The third-order valence-corrected chi connectivity index (χ3v) is 7.18. The predicted molar refractivity (Wildman–Crippen MR) is 121 cm³/mol. The number of β-lactam (4-membered cyclic amide) rings is 1. The summed E-state index contributed by atoms with van der Waals surface area (Å²) in [4.78, 5) is 53.2. The molecule has 0 saturated carbocycles. The van der Waals surface area contributed by atoms with Gasteiger partial charge < -0.3 is 21.0 Å². The monoisotopic (exact) mass is 494 g/mol. The molecule has 0 spiro atoms. The number of hydrogen-bond donors (Lipinski definition) is 3. The summed E-state index contributed by atoms with van der Waals surface area (Å²) in [6.07, 6.45) is 4.16. The second-order valence-electron chi connectivity index (χ2n) is 7.38. The van der Waals surface area contributed by atoms with E-state index >= 15 is 0 Å². The molecule has 2 amide bonds. The molecule has 1 aromatic heterocycles. The number of amides is 2. The number of carbonyl (C=O) groups is 3. The molecule has 3 aliphatic heterocycles. The van der Waals surface area contributed by atoms with Crippen molar-refractivity contribution in [2.75, 3.05) is 32.2 Å². The van der Waals surface area contributed by atoms with Gasteiger partial charge in [0.2, 0.25) is 0 Å². The number of nitrogen functional groups attached to an aromatic ring is 1. The Hall–Kier alpha value is -2.94. The molecule has 12 nitrogen and oxygen atoms in total. The molecule has 4 rings (SSSR count). The second-order valence-corrected chi connectivity index (χ2v) is 9.37. The molecular weight excluding hydrogens is 472 g/mol. The number of nitrogens with two attached hydrogens (primary N) is 1. The highest BCUT2D eigenvalue weighted by Gasteiger charge is 2.54. The van der Waals surface area contributed by atoms with E-state index in [4.69, 9.17) is 15.4 Å². The van der Waals surface area contributed by atoms with E-state index in [1.165, 1.54) is 23.8 Å². The van der Waals surface area contributed by atoms with Crippen molar-refractivity contribution in [3.05, 3.63) is 34.5 Å². The maximum absolute atomic E-state index is 12.9. The Bertz CT molecular complexity index is 1070. The summed E-state index contributed by atoms with van der Waals surface area (Å²) in [5.74, 6) is -2.03. The number of oxime groups is 1. The molecule has 2 fully saturated rings. The first-order valence-corrected chi connectivity index (χ1v) is 11.8. The van der Waals surface area contributed by atoms with Crippen molar-refractivity contribution in [1.82, 2.24) is 20.3 Å². The standard InChI is InChI=1S/C19H22N6O6S2/c1-24-6-5-10(31-24)4-3-9-7-32-17-13(16(27)25(17)14(9)18(28)29)22-15(26)12(23-30-2)11-8-33-19(20)21-11/h3-4,8,10,13,17H,5-7H2,1-2H3,(H2,20,21)(H,22,26)(H,28,29)/b4-3+,23-12-/t10?,13-,17-/m1/s1. The van der Waals surface area contributed by atoms with Crippen molar-refractivity contribution in [3.63, 3.8) is 0 Å². The van der Waals surface area contributed by atoms with Gasteiger partial charge in [0.05, 0.1) is 6.10 Å². The van der Waals surface area contributed by atoms with E-state index in [2.05, 4.69) is 15.5 Å². The van der Waals surface area contributed by atoms with E-state index in [0.29, 0.717) is 11.3 Å².